The first-order valence-corrected chi connectivity index (χ1v) is 11.8. The van der Waals surface area contributed by atoms with Crippen molar-refractivity contribution in [1.82, 2.24) is 19.1 Å². The SMILES string of the molecule is CC(=O)N(CCN1CCOCC1)C1CCN(S(=O)(=O)c2cccc3cccnc23)C1. The summed E-state index contributed by atoms with van der Waals surface area (Å²) in [6, 6.07) is 8.76. The third-order valence-electron chi connectivity index (χ3n) is 5.95. The monoisotopic (exact) mass is 432 g/mol. The fourth-order valence-electron chi connectivity index (χ4n) is 4.28. The lowest BCUT2D eigenvalue weighted by molar-refractivity contribution is -0.131. The van der Waals surface area contributed by atoms with Crippen molar-refractivity contribution in [3.8, 4) is 0 Å². The van der Waals surface area contributed by atoms with E-state index in [1.807, 2.05) is 17.0 Å². The molecule has 2 aromatic rings. The fraction of sp³-hybridized carbons (Fsp3) is 0.524. The topological polar surface area (TPSA) is 83.0 Å². The van der Waals surface area contributed by atoms with E-state index in [0.29, 0.717) is 44.8 Å². The van der Waals surface area contributed by atoms with Crippen LogP contribution < -0.4 is 0 Å². The molecule has 4 rings (SSSR count). The summed E-state index contributed by atoms with van der Waals surface area (Å²) >= 11 is 0. The zero-order chi connectivity index (χ0) is 21.1. The van der Waals surface area contributed by atoms with Gasteiger partial charge >= 0.3 is 0 Å². The Labute approximate surface area is 177 Å². The minimum Gasteiger partial charge on any atom is -0.379 e. The van der Waals surface area contributed by atoms with E-state index in [4.69, 9.17) is 4.74 Å². The number of amides is 1. The molecule has 2 fully saturated rings. The Morgan fingerprint density at radius 1 is 1.20 bits per heavy atom. The molecule has 1 unspecified atom stereocenters. The van der Waals surface area contributed by atoms with Crippen molar-refractivity contribution in [2.75, 3.05) is 52.5 Å². The first-order chi connectivity index (χ1) is 14.5. The molecule has 1 amide bonds. The number of hydrogen-bond donors (Lipinski definition) is 0. The van der Waals surface area contributed by atoms with Gasteiger partial charge in [-0.15, -0.1) is 0 Å². The molecule has 0 N–H and O–H groups in total. The molecule has 8 nitrogen and oxygen atoms in total. The number of carbonyl (C=O) groups excluding carboxylic acids is 1. The molecule has 2 saturated heterocycles. The second-order valence-corrected chi connectivity index (χ2v) is 9.71. The molecule has 2 aliphatic rings. The fourth-order valence-corrected chi connectivity index (χ4v) is 5.94. The van der Waals surface area contributed by atoms with Crippen molar-refractivity contribution in [1.29, 1.82) is 0 Å². The lowest BCUT2D eigenvalue weighted by Gasteiger charge is -2.32. The molecule has 1 aromatic carbocycles. The number of pyridine rings is 1. The van der Waals surface area contributed by atoms with Crippen LogP contribution in [0.15, 0.2) is 41.4 Å². The first kappa shape index (κ1) is 21.2. The van der Waals surface area contributed by atoms with E-state index in [0.717, 1.165) is 25.0 Å². The summed E-state index contributed by atoms with van der Waals surface area (Å²) in [5, 5.41) is 0.796. The van der Waals surface area contributed by atoms with Gasteiger partial charge in [0.25, 0.3) is 0 Å². The third-order valence-corrected chi connectivity index (χ3v) is 7.84. The maximum absolute atomic E-state index is 13.4. The van der Waals surface area contributed by atoms with Crippen molar-refractivity contribution in [3.63, 3.8) is 0 Å². The van der Waals surface area contributed by atoms with Gasteiger partial charge in [-0.05, 0) is 18.6 Å². The molecule has 0 bridgehead atoms. The Balaban J connectivity index is 1.48. The van der Waals surface area contributed by atoms with E-state index in [9.17, 15) is 13.2 Å². The average molecular weight is 433 g/mol. The van der Waals surface area contributed by atoms with E-state index in [1.165, 1.54) is 4.31 Å². The number of benzene rings is 1. The summed E-state index contributed by atoms with van der Waals surface area (Å²) < 4.78 is 33.6. The highest BCUT2D eigenvalue weighted by Gasteiger charge is 2.37. The second kappa shape index (κ2) is 8.97. The lowest BCUT2D eigenvalue weighted by Crippen LogP contribution is -2.47. The quantitative estimate of drug-likeness (QED) is 0.682. The summed E-state index contributed by atoms with van der Waals surface area (Å²) in [5.41, 5.74) is 0.485. The number of carbonyl (C=O) groups is 1. The highest BCUT2D eigenvalue weighted by atomic mass is 32.2. The zero-order valence-electron chi connectivity index (χ0n) is 17.2. The maximum atomic E-state index is 13.4. The number of rotatable bonds is 6. The Bertz CT molecular complexity index is 1000. The number of ether oxygens (including phenoxy) is 1. The Hall–Kier alpha value is -2.07. The molecular formula is C21H28N4O4S. The molecule has 0 aliphatic carbocycles. The predicted octanol–water partition coefficient (Wildman–Crippen LogP) is 1.18. The highest BCUT2D eigenvalue weighted by Crippen LogP contribution is 2.28. The molecule has 3 heterocycles. The van der Waals surface area contributed by atoms with Crippen LogP contribution in [0.5, 0.6) is 0 Å². The van der Waals surface area contributed by atoms with Gasteiger partial charge < -0.3 is 9.64 Å². The zero-order valence-corrected chi connectivity index (χ0v) is 18.1. The van der Waals surface area contributed by atoms with Crippen LogP contribution in [0.4, 0.5) is 0 Å². The van der Waals surface area contributed by atoms with Gasteiger partial charge in [-0.2, -0.15) is 4.31 Å². The lowest BCUT2D eigenvalue weighted by atomic mass is 10.2. The smallest absolute Gasteiger partial charge is 0.245 e. The number of nitrogens with zero attached hydrogens (tertiary/aromatic N) is 4. The van der Waals surface area contributed by atoms with E-state index in [1.54, 1.807) is 31.3 Å². The predicted molar refractivity (Wildman–Crippen MR) is 114 cm³/mol. The van der Waals surface area contributed by atoms with Crippen molar-refractivity contribution >= 4 is 26.8 Å². The van der Waals surface area contributed by atoms with E-state index in [2.05, 4.69) is 9.88 Å². The molecule has 1 atom stereocenters. The Morgan fingerprint density at radius 3 is 2.73 bits per heavy atom. The van der Waals surface area contributed by atoms with Crippen molar-refractivity contribution in [2.24, 2.45) is 0 Å². The van der Waals surface area contributed by atoms with Gasteiger partial charge in [0.15, 0.2) is 0 Å². The van der Waals surface area contributed by atoms with Crippen LogP contribution in [0.25, 0.3) is 10.9 Å². The molecular weight excluding hydrogens is 404 g/mol. The maximum Gasteiger partial charge on any atom is 0.245 e. The third kappa shape index (κ3) is 4.34. The van der Waals surface area contributed by atoms with Crippen molar-refractivity contribution < 1.29 is 17.9 Å². The van der Waals surface area contributed by atoms with Crippen molar-refractivity contribution in [3.05, 3.63) is 36.5 Å². The largest absolute Gasteiger partial charge is 0.379 e. The van der Waals surface area contributed by atoms with Crippen LogP contribution >= 0.6 is 0 Å². The van der Waals surface area contributed by atoms with Crippen molar-refractivity contribution in [2.45, 2.75) is 24.3 Å². The van der Waals surface area contributed by atoms with Gasteiger partial charge in [0.1, 0.15) is 4.90 Å². The van der Waals surface area contributed by atoms with Crippen LogP contribution in [0.3, 0.4) is 0 Å². The Morgan fingerprint density at radius 2 is 1.97 bits per heavy atom. The standard InChI is InChI=1S/C21H28N4O4S/c1-17(26)25(11-10-23-12-14-29-15-13-23)19-7-9-24(16-19)30(27,28)20-6-2-4-18-5-3-8-22-21(18)20/h2-6,8,19H,7,9-16H2,1H3. The number of aromatic nitrogens is 1. The van der Waals surface area contributed by atoms with E-state index < -0.39 is 10.0 Å². The number of para-hydroxylation sites is 1. The summed E-state index contributed by atoms with van der Waals surface area (Å²) in [4.78, 5) is 20.9. The number of fused-ring (bicyclic) bond motifs is 1. The van der Waals surface area contributed by atoms with Crippen LogP contribution in [-0.4, -0.2) is 91.9 Å². The first-order valence-electron chi connectivity index (χ1n) is 10.4. The molecule has 0 radical (unpaired) electrons. The molecule has 0 saturated carbocycles. The van der Waals surface area contributed by atoms with Crippen LogP contribution in [-0.2, 0) is 19.6 Å². The Kier molecular flexibility index (Phi) is 6.33. The van der Waals surface area contributed by atoms with Gasteiger partial charge in [-0.3, -0.25) is 14.7 Å². The van der Waals surface area contributed by atoms with Gasteiger partial charge in [-0.1, -0.05) is 18.2 Å². The van der Waals surface area contributed by atoms with Crippen LogP contribution in [0.2, 0.25) is 0 Å². The van der Waals surface area contributed by atoms with E-state index in [-0.39, 0.29) is 16.8 Å². The molecule has 1 aromatic heterocycles. The summed E-state index contributed by atoms with van der Waals surface area (Å²) in [6.07, 6.45) is 2.25. The minimum atomic E-state index is -3.69. The van der Waals surface area contributed by atoms with E-state index >= 15 is 0 Å². The summed E-state index contributed by atoms with van der Waals surface area (Å²) in [7, 11) is -3.69. The molecule has 0 spiro atoms. The van der Waals surface area contributed by atoms with Crippen LogP contribution in [0.1, 0.15) is 13.3 Å². The number of hydrogen-bond acceptors (Lipinski definition) is 6. The highest BCUT2D eigenvalue weighted by molar-refractivity contribution is 7.89. The van der Waals surface area contributed by atoms with Gasteiger partial charge in [0.2, 0.25) is 15.9 Å². The molecule has 2 aliphatic heterocycles. The molecule has 162 valence electrons. The molecule has 9 heteroatoms. The number of morpholine rings is 1. The van der Waals surface area contributed by atoms with Gasteiger partial charge in [0.05, 0.1) is 18.7 Å². The summed E-state index contributed by atoms with van der Waals surface area (Å²) in [5.74, 6) is -0.0145. The normalized spacial score (nSPS) is 21.2. The number of sulfonamides is 1. The van der Waals surface area contributed by atoms with Gasteiger partial charge in [0, 0.05) is 63.8 Å². The van der Waals surface area contributed by atoms with Gasteiger partial charge in [-0.25, -0.2) is 8.42 Å². The average Bonchev–Trinajstić information content (AvgIpc) is 3.25. The second-order valence-electron chi connectivity index (χ2n) is 7.80. The minimum absolute atomic E-state index is 0.0145. The van der Waals surface area contributed by atoms with Crippen LogP contribution in [0, 0.1) is 0 Å². The summed E-state index contributed by atoms with van der Waals surface area (Å²) in [6.45, 7) is 6.82. The molecule has 30 heavy (non-hydrogen) atoms.